The predicted octanol–water partition coefficient (Wildman–Crippen LogP) is 1.70. The predicted molar refractivity (Wildman–Crippen MR) is 67.7 cm³/mol. The average Bonchev–Trinajstić information content (AvgIpc) is 2.28. The van der Waals surface area contributed by atoms with Gasteiger partial charge < -0.3 is 5.11 Å². The van der Waals surface area contributed by atoms with Gasteiger partial charge in [0, 0.05) is 6.54 Å². The molecule has 1 aromatic carbocycles. The van der Waals surface area contributed by atoms with Gasteiger partial charge in [-0.3, -0.25) is 4.79 Å². The van der Waals surface area contributed by atoms with E-state index in [0.29, 0.717) is 0 Å². The minimum absolute atomic E-state index is 0.0296. The molecule has 1 N–H and O–H groups in total. The van der Waals surface area contributed by atoms with Crippen LogP contribution in [-0.4, -0.2) is 35.9 Å². The van der Waals surface area contributed by atoms with Crippen LogP contribution < -0.4 is 0 Å². The number of aliphatic carboxylic acids is 1. The summed E-state index contributed by atoms with van der Waals surface area (Å²) in [6.07, 6.45) is 0. The molecule has 106 valence electrons. The third kappa shape index (κ3) is 2.93. The zero-order valence-electron chi connectivity index (χ0n) is 10.9. The zero-order valence-corrected chi connectivity index (χ0v) is 11.7. The Balaban J connectivity index is 3.36. The van der Waals surface area contributed by atoms with E-state index in [0.717, 1.165) is 16.4 Å². The molecule has 0 saturated carbocycles. The van der Waals surface area contributed by atoms with Crippen LogP contribution in [0.4, 0.5) is 4.39 Å². The van der Waals surface area contributed by atoms with Crippen molar-refractivity contribution in [1.29, 1.82) is 0 Å². The fraction of sp³-hybridized carbons (Fsp3) is 0.417. The monoisotopic (exact) mass is 289 g/mol. The molecular weight excluding hydrogens is 273 g/mol. The molecule has 0 aliphatic rings. The molecule has 0 aliphatic heterocycles. The molecule has 7 heteroatoms. The van der Waals surface area contributed by atoms with E-state index in [2.05, 4.69) is 0 Å². The van der Waals surface area contributed by atoms with Gasteiger partial charge in [0.2, 0.25) is 10.0 Å². The number of carboxylic acid groups (broad SMARTS) is 1. The Morgan fingerprint density at radius 1 is 1.42 bits per heavy atom. The van der Waals surface area contributed by atoms with Crippen LogP contribution in [0.3, 0.4) is 0 Å². The first-order valence-electron chi connectivity index (χ1n) is 5.66. The Kier molecular flexibility index (Phi) is 4.32. The van der Waals surface area contributed by atoms with E-state index in [1.54, 1.807) is 0 Å². The Morgan fingerprint density at radius 3 is 2.42 bits per heavy atom. The molecule has 0 aliphatic carbocycles. The number of likely N-dealkylation sites (N-methyl/N-ethyl adjacent to an activating group) is 1. The van der Waals surface area contributed by atoms with Gasteiger partial charge in [-0.25, -0.2) is 12.8 Å². The molecule has 5 nitrogen and oxygen atoms in total. The van der Waals surface area contributed by atoms with Gasteiger partial charge in [-0.2, -0.15) is 4.31 Å². The van der Waals surface area contributed by atoms with Crippen LogP contribution in [0.2, 0.25) is 0 Å². The lowest BCUT2D eigenvalue weighted by Crippen LogP contribution is -2.52. The van der Waals surface area contributed by atoms with Gasteiger partial charge in [-0.05, 0) is 32.0 Å². The molecule has 19 heavy (non-hydrogen) atoms. The lowest BCUT2D eigenvalue weighted by molar-refractivity contribution is -0.146. The highest BCUT2D eigenvalue weighted by Gasteiger charge is 2.41. The third-order valence-electron chi connectivity index (χ3n) is 2.82. The van der Waals surface area contributed by atoms with Gasteiger partial charge >= 0.3 is 5.97 Å². The second-order valence-electron chi connectivity index (χ2n) is 4.49. The van der Waals surface area contributed by atoms with Crippen molar-refractivity contribution in [3.63, 3.8) is 0 Å². The van der Waals surface area contributed by atoms with Crippen LogP contribution in [0.5, 0.6) is 0 Å². The molecule has 0 aromatic heterocycles. The number of benzene rings is 1. The van der Waals surface area contributed by atoms with Gasteiger partial charge in [0.15, 0.2) is 0 Å². The fourth-order valence-electron chi connectivity index (χ4n) is 1.73. The molecular formula is C12H16FNO4S. The van der Waals surface area contributed by atoms with Crippen molar-refractivity contribution in [1.82, 2.24) is 4.31 Å². The van der Waals surface area contributed by atoms with Crippen molar-refractivity contribution < 1.29 is 22.7 Å². The molecule has 0 heterocycles. The SMILES string of the molecule is CCN(C(C)(C)C(=O)O)S(=O)(=O)c1cccc(F)c1. The van der Waals surface area contributed by atoms with Gasteiger partial charge in [-0.1, -0.05) is 13.0 Å². The van der Waals surface area contributed by atoms with Crippen LogP contribution in [-0.2, 0) is 14.8 Å². The smallest absolute Gasteiger partial charge is 0.324 e. The minimum Gasteiger partial charge on any atom is -0.480 e. The summed E-state index contributed by atoms with van der Waals surface area (Å²) < 4.78 is 38.7. The molecule has 0 radical (unpaired) electrons. The van der Waals surface area contributed by atoms with Crippen LogP contribution in [0.15, 0.2) is 29.2 Å². The number of hydrogen-bond acceptors (Lipinski definition) is 3. The summed E-state index contributed by atoms with van der Waals surface area (Å²) in [6, 6.07) is 4.50. The van der Waals surface area contributed by atoms with Gasteiger partial charge in [0.1, 0.15) is 11.4 Å². The summed E-state index contributed by atoms with van der Waals surface area (Å²) in [4.78, 5) is 10.9. The first-order chi connectivity index (χ1) is 8.64. The highest BCUT2D eigenvalue weighted by atomic mass is 32.2. The standard InChI is InChI=1S/C12H16FNO4S/c1-4-14(12(2,3)11(15)16)19(17,18)10-7-5-6-9(13)8-10/h5-8H,4H2,1-3H3,(H,15,16). The maximum atomic E-state index is 13.1. The highest BCUT2D eigenvalue weighted by molar-refractivity contribution is 7.89. The molecule has 0 saturated heterocycles. The van der Waals surface area contributed by atoms with Gasteiger partial charge in [0.05, 0.1) is 4.90 Å². The van der Waals surface area contributed by atoms with Crippen molar-refractivity contribution >= 4 is 16.0 Å². The second-order valence-corrected chi connectivity index (χ2v) is 6.35. The van der Waals surface area contributed by atoms with E-state index < -0.39 is 27.3 Å². The first kappa shape index (κ1) is 15.6. The zero-order chi connectivity index (χ0) is 14.8. The van der Waals surface area contributed by atoms with Crippen LogP contribution in [0, 0.1) is 5.82 Å². The molecule has 0 spiro atoms. The Morgan fingerprint density at radius 2 is 2.00 bits per heavy atom. The number of carbonyl (C=O) groups is 1. The Labute approximate surface area is 111 Å². The number of nitrogens with zero attached hydrogens (tertiary/aromatic N) is 1. The van der Waals surface area contributed by atoms with Crippen LogP contribution in [0.1, 0.15) is 20.8 Å². The van der Waals surface area contributed by atoms with Crippen LogP contribution >= 0.6 is 0 Å². The topological polar surface area (TPSA) is 74.7 Å². The van der Waals surface area contributed by atoms with Crippen molar-refractivity contribution in [2.45, 2.75) is 31.2 Å². The van der Waals surface area contributed by atoms with Gasteiger partial charge in [-0.15, -0.1) is 0 Å². The molecule has 0 amide bonds. The summed E-state index contributed by atoms with van der Waals surface area (Å²) in [5.41, 5.74) is -1.61. The number of rotatable bonds is 5. The van der Waals surface area contributed by atoms with E-state index >= 15 is 0 Å². The Bertz CT molecular complexity index is 583. The van der Waals surface area contributed by atoms with E-state index in [1.807, 2.05) is 0 Å². The first-order valence-corrected chi connectivity index (χ1v) is 7.10. The summed E-state index contributed by atoms with van der Waals surface area (Å²) in [7, 11) is -4.06. The Hall–Kier alpha value is -1.47. The molecule has 0 fully saturated rings. The quantitative estimate of drug-likeness (QED) is 0.895. The molecule has 0 atom stereocenters. The largest absolute Gasteiger partial charge is 0.480 e. The van der Waals surface area contributed by atoms with E-state index in [1.165, 1.54) is 32.9 Å². The molecule has 1 aromatic rings. The highest BCUT2D eigenvalue weighted by Crippen LogP contribution is 2.25. The lowest BCUT2D eigenvalue weighted by atomic mass is 10.1. The minimum atomic E-state index is -4.06. The number of sulfonamides is 1. The second kappa shape index (κ2) is 5.26. The molecule has 0 unspecified atom stereocenters. The summed E-state index contributed by atoms with van der Waals surface area (Å²) in [5.74, 6) is -1.96. The average molecular weight is 289 g/mol. The maximum absolute atomic E-state index is 13.1. The number of halogens is 1. The van der Waals surface area contributed by atoms with Crippen LogP contribution in [0.25, 0.3) is 0 Å². The normalized spacial score (nSPS) is 12.7. The van der Waals surface area contributed by atoms with Crippen molar-refractivity contribution in [3.8, 4) is 0 Å². The van der Waals surface area contributed by atoms with Crippen molar-refractivity contribution in [3.05, 3.63) is 30.1 Å². The third-order valence-corrected chi connectivity index (χ3v) is 4.96. The summed E-state index contributed by atoms with van der Waals surface area (Å²) in [5, 5.41) is 9.13. The number of carboxylic acids is 1. The summed E-state index contributed by atoms with van der Waals surface area (Å²) in [6.45, 7) is 4.07. The van der Waals surface area contributed by atoms with E-state index in [9.17, 15) is 17.6 Å². The lowest BCUT2D eigenvalue weighted by Gasteiger charge is -2.33. The summed E-state index contributed by atoms with van der Waals surface area (Å²) >= 11 is 0. The van der Waals surface area contributed by atoms with E-state index in [4.69, 9.17) is 5.11 Å². The molecule has 0 bridgehead atoms. The van der Waals surface area contributed by atoms with Gasteiger partial charge in [0.25, 0.3) is 0 Å². The molecule has 1 rings (SSSR count). The maximum Gasteiger partial charge on any atom is 0.324 e. The van der Waals surface area contributed by atoms with Crippen molar-refractivity contribution in [2.24, 2.45) is 0 Å². The number of hydrogen-bond donors (Lipinski definition) is 1. The van der Waals surface area contributed by atoms with Crippen molar-refractivity contribution in [2.75, 3.05) is 6.54 Å². The van der Waals surface area contributed by atoms with E-state index in [-0.39, 0.29) is 11.4 Å². The fourth-order valence-corrected chi connectivity index (χ4v) is 3.51.